The summed E-state index contributed by atoms with van der Waals surface area (Å²) in [7, 11) is 0. The second-order valence-electron chi connectivity index (χ2n) is 1.57. The van der Waals surface area contributed by atoms with Crippen LogP contribution in [0.3, 0.4) is 0 Å². The maximum Gasteiger partial charge on any atom is 0.0543 e. The molecule has 0 unspecified atom stereocenters. The first kappa shape index (κ1) is 6.92. The van der Waals surface area contributed by atoms with Gasteiger partial charge in [0.25, 0.3) is 0 Å². The van der Waals surface area contributed by atoms with Crippen molar-refractivity contribution in [1.29, 1.82) is 0 Å². The van der Waals surface area contributed by atoms with Crippen molar-refractivity contribution >= 4 is 0 Å². The Morgan fingerprint density at radius 3 is 2.29 bits per heavy atom. The minimum Gasteiger partial charge on any atom is -0.316 e. The van der Waals surface area contributed by atoms with Crippen molar-refractivity contribution in [2.45, 2.75) is 26.4 Å². The molecular formula is C5H14N2. The predicted molar refractivity (Wildman–Crippen MR) is 31.9 cm³/mol. The van der Waals surface area contributed by atoms with Gasteiger partial charge in [0.05, 0.1) is 6.17 Å². The van der Waals surface area contributed by atoms with Crippen LogP contribution in [0.1, 0.15) is 20.3 Å². The maximum absolute atomic E-state index is 5.47. The van der Waals surface area contributed by atoms with Crippen molar-refractivity contribution in [2.75, 3.05) is 6.54 Å². The lowest BCUT2D eigenvalue weighted by Crippen LogP contribution is -2.36. The Labute approximate surface area is 45.1 Å². The molecule has 0 aromatic rings. The molecule has 7 heavy (non-hydrogen) atoms. The molecule has 0 saturated carbocycles. The Morgan fingerprint density at radius 2 is 2.14 bits per heavy atom. The summed E-state index contributed by atoms with van der Waals surface area (Å²) in [6.07, 6.45) is 1.21. The maximum atomic E-state index is 5.47. The van der Waals surface area contributed by atoms with Crippen molar-refractivity contribution in [3.8, 4) is 0 Å². The fourth-order valence-corrected chi connectivity index (χ4v) is 0.407. The molecule has 0 aliphatic heterocycles. The summed E-state index contributed by atoms with van der Waals surface area (Å²) in [5.41, 5.74) is 5.47. The summed E-state index contributed by atoms with van der Waals surface area (Å²) >= 11 is 0. The standard InChI is InChI=1S/C5H14N2/c1-3-5(6)7-4-2/h5,7H,3-4,6H2,1-2H3/t5-/m0/s1. The monoisotopic (exact) mass is 102 g/mol. The molecule has 0 aliphatic carbocycles. The summed E-state index contributed by atoms with van der Waals surface area (Å²) in [6, 6.07) is 0. The van der Waals surface area contributed by atoms with Crippen molar-refractivity contribution in [2.24, 2.45) is 5.73 Å². The molecule has 1 atom stereocenters. The van der Waals surface area contributed by atoms with Gasteiger partial charge >= 0.3 is 0 Å². The first-order chi connectivity index (χ1) is 3.31. The van der Waals surface area contributed by atoms with E-state index in [0.717, 1.165) is 13.0 Å². The Kier molecular flexibility index (Phi) is 4.04. The van der Waals surface area contributed by atoms with E-state index in [0.29, 0.717) is 0 Å². The van der Waals surface area contributed by atoms with E-state index in [9.17, 15) is 0 Å². The quantitative estimate of drug-likeness (QED) is 0.503. The highest BCUT2D eigenvalue weighted by Gasteiger charge is 1.90. The Hall–Kier alpha value is -0.0800. The van der Waals surface area contributed by atoms with Gasteiger partial charge in [0.15, 0.2) is 0 Å². The molecule has 0 bridgehead atoms. The van der Waals surface area contributed by atoms with Gasteiger partial charge in [0, 0.05) is 0 Å². The highest BCUT2D eigenvalue weighted by Crippen LogP contribution is 1.76. The van der Waals surface area contributed by atoms with Crippen molar-refractivity contribution in [3.63, 3.8) is 0 Å². The van der Waals surface area contributed by atoms with Crippen LogP contribution < -0.4 is 11.1 Å². The number of nitrogens with two attached hydrogens (primary N) is 1. The molecule has 0 aliphatic rings. The van der Waals surface area contributed by atoms with E-state index in [-0.39, 0.29) is 6.17 Å². The van der Waals surface area contributed by atoms with E-state index in [1.807, 2.05) is 0 Å². The predicted octanol–water partition coefficient (Wildman–Crippen LogP) is 0.291. The van der Waals surface area contributed by atoms with Crippen LogP contribution in [-0.2, 0) is 0 Å². The molecule has 0 spiro atoms. The van der Waals surface area contributed by atoms with Crippen molar-refractivity contribution in [3.05, 3.63) is 0 Å². The van der Waals surface area contributed by atoms with Crippen LogP contribution in [0.25, 0.3) is 0 Å². The van der Waals surface area contributed by atoms with E-state index >= 15 is 0 Å². The summed E-state index contributed by atoms with van der Waals surface area (Å²) in [5.74, 6) is 0. The summed E-state index contributed by atoms with van der Waals surface area (Å²) in [5, 5.41) is 3.07. The van der Waals surface area contributed by atoms with Crippen LogP contribution in [0.2, 0.25) is 0 Å². The first-order valence-electron chi connectivity index (χ1n) is 2.80. The fourth-order valence-electron chi connectivity index (χ4n) is 0.407. The van der Waals surface area contributed by atoms with Gasteiger partial charge in [-0.05, 0) is 13.0 Å². The summed E-state index contributed by atoms with van der Waals surface area (Å²) in [6.45, 7) is 5.08. The van der Waals surface area contributed by atoms with Gasteiger partial charge in [-0.25, -0.2) is 0 Å². The van der Waals surface area contributed by atoms with Gasteiger partial charge in [-0.15, -0.1) is 0 Å². The molecule has 0 rings (SSSR count). The highest BCUT2D eigenvalue weighted by atomic mass is 15.0. The summed E-state index contributed by atoms with van der Waals surface area (Å²) < 4.78 is 0. The molecule has 3 N–H and O–H groups in total. The number of hydrogen-bond acceptors (Lipinski definition) is 2. The molecular weight excluding hydrogens is 88.1 g/mol. The zero-order valence-corrected chi connectivity index (χ0v) is 5.07. The van der Waals surface area contributed by atoms with Crippen LogP contribution >= 0.6 is 0 Å². The lowest BCUT2D eigenvalue weighted by molar-refractivity contribution is 0.531. The van der Waals surface area contributed by atoms with Crippen molar-refractivity contribution in [1.82, 2.24) is 5.32 Å². The van der Waals surface area contributed by atoms with Gasteiger partial charge in [-0.2, -0.15) is 0 Å². The number of nitrogens with one attached hydrogen (secondary N) is 1. The molecule has 0 heterocycles. The Bertz CT molecular complexity index is 37.1. The molecule has 0 aromatic carbocycles. The zero-order chi connectivity index (χ0) is 5.70. The topological polar surface area (TPSA) is 38.0 Å². The fraction of sp³-hybridized carbons (Fsp3) is 1.00. The molecule has 0 fully saturated rings. The molecule has 44 valence electrons. The lowest BCUT2D eigenvalue weighted by Gasteiger charge is -2.06. The Balaban J connectivity index is 2.83. The number of hydrogen-bond donors (Lipinski definition) is 2. The average molecular weight is 102 g/mol. The molecule has 2 heteroatoms. The van der Waals surface area contributed by atoms with Crippen LogP contribution in [0.15, 0.2) is 0 Å². The van der Waals surface area contributed by atoms with Gasteiger partial charge < -0.3 is 11.1 Å². The minimum absolute atomic E-state index is 0.199. The second-order valence-corrected chi connectivity index (χ2v) is 1.57. The van der Waals surface area contributed by atoms with Crippen molar-refractivity contribution < 1.29 is 0 Å². The largest absolute Gasteiger partial charge is 0.316 e. The van der Waals surface area contributed by atoms with E-state index < -0.39 is 0 Å². The second kappa shape index (κ2) is 4.09. The SMILES string of the molecule is CCN[C@H](N)CC. The molecule has 0 saturated heterocycles. The minimum atomic E-state index is 0.199. The smallest absolute Gasteiger partial charge is 0.0543 e. The van der Waals surface area contributed by atoms with Gasteiger partial charge in [-0.3, -0.25) is 0 Å². The summed E-state index contributed by atoms with van der Waals surface area (Å²) in [4.78, 5) is 0. The van der Waals surface area contributed by atoms with Gasteiger partial charge in [0.2, 0.25) is 0 Å². The van der Waals surface area contributed by atoms with E-state index in [1.54, 1.807) is 0 Å². The Morgan fingerprint density at radius 1 is 1.57 bits per heavy atom. The molecule has 0 radical (unpaired) electrons. The van der Waals surface area contributed by atoms with Crippen LogP contribution in [-0.4, -0.2) is 12.7 Å². The van der Waals surface area contributed by atoms with Crippen LogP contribution in [0.4, 0.5) is 0 Å². The third-order valence-electron chi connectivity index (χ3n) is 0.906. The van der Waals surface area contributed by atoms with E-state index in [2.05, 4.69) is 19.2 Å². The van der Waals surface area contributed by atoms with Gasteiger partial charge in [-0.1, -0.05) is 13.8 Å². The zero-order valence-electron chi connectivity index (χ0n) is 5.07. The van der Waals surface area contributed by atoms with E-state index in [4.69, 9.17) is 5.73 Å². The van der Waals surface area contributed by atoms with E-state index in [1.165, 1.54) is 0 Å². The molecule has 0 amide bonds. The molecule has 0 aromatic heterocycles. The lowest BCUT2D eigenvalue weighted by atomic mass is 10.4. The average Bonchev–Trinajstić information content (AvgIpc) is 1.68. The molecule has 2 nitrogen and oxygen atoms in total. The van der Waals surface area contributed by atoms with Gasteiger partial charge in [0.1, 0.15) is 0 Å². The third kappa shape index (κ3) is 3.76. The normalized spacial score (nSPS) is 14.1. The first-order valence-corrected chi connectivity index (χ1v) is 2.80. The third-order valence-corrected chi connectivity index (χ3v) is 0.906. The van der Waals surface area contributed by atoms with Crippen LogP contribution in [0.5, 0.6) is 0 Å². The highest BCUT2D eigenvalue weighted by molar-refractivity contribution is 4.50. The van der Waals surface area contributed by atoms with Crippen LogP contribution in [0, 0.1) is 0 Å². The number of rotatable bonds is 3.